The van der Waals surface area contributed by atoms with E-state index in [1.807, 2.05) is 27.7 Å². The van der Waals surface area contributed by atoms with Crippen molar-refractivity contribution in [1.82, 2.24) is 9.80 Å². The second-order valence-electron chi connectivity index (χ2n) is 4.83. The van der Waals surface area contributed by atoms with Gasteiger partial charge >= 0.3 is 0 Å². The van der Waals surface area contributed by atoms with Gasteiger partial charge in [0.2, 0.25) is 0 Å². The van der Waals surface area contributed by atoms with Gasteiger partial charge in [-0.2, -0.15) is 0 Å². The maximum Gasteiger partial charge on any atom is 0.260 e. The maximum atomic E-state index is 12.3. The minimum Gasteiger partial charge on any atom is -0.312 e. The SMILES string of the molecule is CCCN1C(=O)C2=C(C)N(CCC)C(=O)C2=C1C. The van der Waals surface area contributed by atoms with Gasteiger partial charge in [-0.1, -0.05) is 13.8 Å². The molecule has 0 atom stereocenters. The van der Waals surface area contributed by atoms with Gasteiger partial charge in [0.25, 0.3) is 11.8 Å². The van der Waals surface area contributed by atoms with Crippen LogP contribution in [0.3, 0.4) is 0 Å². The first kappa shape index (κ1) is 12.9. The van der Waals surface area contributed by atoms with Crippen LogP contribution in [0.25, 0.3) is 0 Å². The number of carbonyl (C=O) groups is 2. The van der Waals surface area contributed by atoms with Crippen molar-refractivity contribution < 1.29 is 9.59 Å². The molecule has 0 N–H and O–H groups in total. The Bertz CT molecular complexity index is 430. The summed E-state index contributed by atoms with van der Waals surface area (Å²) in [6.45, 7) is 9.18. The third kappa shape index (κ3) is 1.59. The van der Waals surface area contributed by atoms with Gasteiger partial charge in [-0.25, -0.2) is 0 Å². The molecule has 0 radical (unpaired) electrons. The summed E-state index contributed by atoms with van der Waals surface area (Å²) < 4.78 is 0. The fourth-order valence-corrected chi connectivity index (χ4v) is 2.72. The van der Waals surface area contributed by atoms with Gasteiger partial charge in [-0.05, 0) is 26.7 Å². The molecule has 0 fully saturated rings. The van der Waals surface area contributed by atoms with Crippen LogP contribution in [-0.4, -0.2) is 34.7 Å². The average molecular weight is 248 g/mol. The van der Waals surface area contributed by atoms with Crippen molar-refractivity contribution >= 4 is 11.8 Å². The molecular formula is C14H20N2O2. The Balaban J connectivity index is 2.44. The maximum absolute atomic E-state index is 12.3. The molecule has 18 heavy (non-hydrogen) atoms. The molecule has 0 aromatic heterocycles. The number of carbonyl (C=O) groups excluding carboxylic acids is 2. The summed E-state index contributed by atoms with van der Waals surface area (Å²) in [4.78, 5) is 28.1. The van der Waals surface area contributed by atoms with Crippen molar-refractivity contribution in [3.63, 3.8) is 0 Å². The monoisotopic (exact) mass is 248 g/mol. The zero-order chi connectivity index (χ0) is 13.4. The van der Waals surface area contributed by atoms with E-state index in [0.29, 0.717) is 24.2 Å². The molecule has 2 aliphatic heterocycles. The van der Waals surface area contributed by atoms with Gasteiger partial charge in [-0.3, -0.25) is 9.59 Å². The summed E-state index contributed by atoms with van der Waals surface area (Å²) in [6, 6.07) is 0. The van der Waals surface area contributed by atoms with Crippen LogP contribution in [0.1, 0.15) is 40.5 Å². The Morgan fingerprint density at radius 1 is 0.778 bits per heavy atom. The van der Waals surface area contributed by atoms with Crippen molar-refractivity contribution in [3.05, 3.63) is 22.5 Å². The standard InChI is InChI=1S/C14H20N2O2/c1-5-7-15-9(3)11-12(13(15)17)10(4)16(8-6-2)14(11)18/h5-8H2,1-4H3. The molecule has 2 heterocycles. The number of hydrogen-bond acceptors (Lipinski definition) is 2. The van der Waals surface area contributed by atoms with Crippen LogP contribution in [0.4, 0.5) is 0 Å². The van der Waals surface area contributed by atoms with Crippen molar-refractivity contribution in [2.45, 2.75) is 40.5 Å². The molecule has 98 valence electrons. The largest absolute Gasteiger partial charge is 0.312 e. The van der Waals surface area contributed by atoms with Crippen LogP contribution in [0, 0.1) is 0 Å². The highest BCUT2D eigenvalue weighted by Gasteiger charge is 2.44. The fraction of sp³-hybridized carbons (Fsp3) is 0.571. The van der Waals surface area contributed by atoms with E-state index in [0.717, 1.165) is 24.2 Å². The Morgan fingerprint density at radius 2 is 1.11 bits per heavy atom. The van der Waals surface area contributed by atoms with Gasteiger partial charge in [-0.15, -0.1) is 0 Å². The smallest absolute Gasteiger partial charge is 0.260 e. The number of nitrogens with zero attached hydrogens (tertiary/aromatic N) is 2. The molecule has 0 spiro atoms. The Labute approximate surface area is 108 Å². The second-order valence-corrected chi connectivity index (χ2v) is 4.83. The Hall–Kier alpha value is -1.58. The van der Waals surface area contributed by atoms with E-state index < -0.39 is 0 Å². The van der Waals surface area contributed by atoms with Crippen LogP contribution in [0.5, 0.6) is 0 Å². The van der Waals surface area contributed by atoms with E-state index in [-0.39, 0.29) is 11.8 Å². The number of amides is 2. The molecule has 2 aliphatic rings. The summed E-state index contributed by atoms with van der Waals surface area (Å²) in [5.74, 6) is -0.0115. The van der Waals surface area contributed by atoms with Crippen molar-refractivity contribution in [3.8, 4) is 0 Å². The number of hydrogen-bond donors (Lipinski definition) is 0. The predicted octanol–water partition coefficient (Wildman–Crippen LogP) is 2.04. The Kier molecular flexibility index (Phi) is 3.28. The lowest BCUT2D eigenvalue weighted by atomic mass is 10.1. The average Bonchev–Trinajstić information content (AvgIpc) is 2.72. The van der Waals surface area contributed by atoms with Crippen LogP contribution >= 0.6 is 0 Å². The third-order valence-electron chi connectivity index (χ3n) is 3.60. The predicted molar refractivity (Wildman–Crippen MR) is 69.4 cm³/mol. The van der Waals surface area contributed by atoms with Crippen LogP contribution < -0.4 is 0 Å². The van der Waals surface area contributed by atoms with E-state index >= 15 is 0 Å². The van der Waals surface area contributed by atoms with Crippen LogP contribution in [0.15, 0.2) is 22.5 Å². The van der Waals surface area contributed by atoms with E-state index in [2.05, 4.69) is 0 Å². The van der Waals surface area contributed by atoms with Gasteiger partial charge in [0.15, 0.2) is 0 Å². The van der Waals surface area contributed by atoms with E-state index in [1.54, 1.807) is 9.80 Å². The van der Waals surface area contributed by atoms with E-state index in [9.17, 15) is 9.59 Å². The first-order valence-corrected chi connectivity index (χ1v) is 6.60. The van der Waals surface area contributed by atoms with Crippen molar-refractivity contribution in [2.75, 3.05) is 13.1 Å². The molecule has 0 aromatic carbocycles. The molecule has 0 saturated heterocycles. The molecule has 0 aromatic rings. The van der Waals surface area contributed by atoms with Crippen molar-refractivity contribution in [2.24, 2.45) is 0 Å². The molecule has 0 saturated carbocycles. The molecule has 4 nitrogen and oxygen atoms in total. The van der Waals surface area contributed by atoms with E-state index in [4.69, 9.17) is 0 Å². The minimum absolute atomic E-state index is 0.00574. The number of rotatable bonds is 4. The minimum atomic E-state index is -0.00574. The molecular weight excluding hydrogens is 228 g/mol. The summed E-state index contributed by atoms with van der Waals surface area (Å²) in [6.07, 6.45) is 1.80. The topological polar surface area (TPSA) is 40.6 Å². The zero-order valence-electron chi connectivity index (χ0n) is 11.5. The van der Waals surface area contributed by atoms with Crippen LogP contribution in [-0.2, 0) is 9.59 Å². The van der Waals surface area contributed by atoms with E-state index in [1.165, 1.54) is 0 Å². The molecule has 0 bridgehead atoms. The molecule has 4 heteroatoms. The molecule has 0 aliphatic carbocycles. The quantitative estimate of drug-likeness (QED) is 0.764. The molecule has 2 amide bonds. The highest BCUT2D eigenvalue weighted by atomic mass is 16.2. The lowest BCUT2D eigenvalue weighted by molar-refractivity contribution is -0.124. The highest BCUT2D eigenvalue weighted by Crippen LogP contribution is 2.38. The van der Waals surface area contributed by atoms with Crippen molar-refractivity contribution in [1.29, 1.82) is 0 Å². The second kappa shape index (κ2) is 4.59. The Morgan fingerprint density at radius 3 is 1.39 bits per heavy atom. The van der Waals surface area contributed by atoms with Gasteiger partial charge < -0.3 is 9.80 Å². The fourth-order valence-electron chi connectivity index (χ4n) is 2.72. The summed E-state index contributed by atoms with van der Waals surface area (Å²) in [5.41, 5.74) is 2.89. The summed E-state index contributed by atoms with van der Waals surface area (Å²) >= 11 is 0. The zero-order valence-corrected chi connectivity index (χ0v) is 11.5. The summed E-state index contributed by atoms with van der Waals surface area (Å²) in [5, 5.41) is 0. The third-order valence-corrected chi connectivity index (χ3v) is 3.60. The van der Waals surface area contributed by atoms with Gasteiger partial charge in [0, 0.05) is 24.5 Å². The van der Waals surface area contributed by atoms with Crippen LogP contribution in [0.2, 0.25) is 0 Å². The first-order valence-electron chi connectivity index (χ1n) is 6.60. The molecule has 0 unspecified atom stereocenters. The first-order chi connectivity index (χ1) is 8.54. The van der Waals surface area contributed by atoms with Gasteiger partial charge in [0.1, 0.15) is 0 Å². The highest BCUT2D eigenvalue weighted by molar-refractivity contribution is 6.19. The number of fused-ring (bicyclic) bond motifs is 1. The lowest BCUT2D eigenvalue weighted by Crippen LogP contribution is -2.30. The lowest BCUT2D eigenvalue weighted by Gasteiger charge is -2.21. The normalized spacial score (nSPS) is 19.6. The van der Waals surface area contributed by atoms with Gasteiger partial charge in [0.05, 0.1) is 11.1 Å². The number of allylic oxidation sites excluding steroid dienone is 2. The molecule has 2 rings (SSSR count). The summed E-state index contributed by atoms with van der Waals surface area (Å²) in [7, 11) is 0.